The minimum absolute atomic E-state index is 0.559. The second-order valence-electron chi connectivity index (χ2n) is 3.69. The van der Waals surface area contributed by atoms with Crippen LogP contribution in [0.25, 0.3) is 0 Å². The molecule has 0 N–H and O–H groups in total. The fourth-order valence-electron chi connectivity index (χ4n) is 1.37. The number of ether oxygens (including phenoxy) is 2. The Morgan fingerprint density at radius 1 is 1.19 bits per heavy atom. The molecule has 1 atom stereocenters. The molecule has 1 rings (SSSR count). The van der Waals surface area contributed by atoms with E-state index in [1.807, 2.05) is 0 Å². The third kappa shape index (κ3) is 6.29. The minimum atomic E-state index is 0.559. The van der Waals surface area contributed by atoms with E-state index in [1.165, 1.54) is 5.56 Å². The van der Waals surface area contributed by atoms with Gasteiger partial charge < -0.3 is 0 Å². The van der Waals surface area contributed by atoms with Crippen molar-refractivity contribution in [2.24, 2.45) is 0 Å². The van der Waals surface area contributed by atoms with Crippen LogP contribution in [-0.4, -0.2) is 40.8 Å². The van der Waals surface area contributed by atoms with Crippen LogP contribution in [-0.2, 0) is 15.9 Å². The summed E-state index contributed by atoms with van der Waals surface area (Å²) in [6.07, 6.45) is 1.16. The van der Waals surface area contributed by atoms with Crippen molar-refractivity contribution in [1.29, 1.82) is 0 Å². The van der Waals surface area contributed by atoms with Gasteiger partial charge in [0, 0.05) is 0 Å². The molecular weight excluding hydrogens is 267 g/mol. The zero-order valence-electron chi connectivity index (χ0n) is 10.0. The van der Waals surface area contributed by atoms with E-state index in [4.69, 9.17) is 9.47 Å². The van der Waals surface area contributed by atoms with Crippen LogP contribution in [0.1, 0.15) is 12.5 Å². The fraction of sp³-hybridized carbons (Fsp3) is 0.538. The molecule has 0 heterocycles. The van der Waals surface area contributed by atoms with Gasteiger partial charge in [0.15, 0.2) is 0 Å². The molecule has 90 valence electrons. The van der Waals surface area contributed by atoms with Crippen molar-refractivity contribution in [1.82, 2.24) is 0 Å². The van der Waals surface area contributed by atoms with Gasteiger partial charge in [0.05, 0.1) is 0 Å². The van der Waals surface area contributed by atoms with Gasteiger partial charge in [0.25, 0.3) is 0 Å². The molecule has 0 fully saturated rings. The van der Waals surface area contributed by atoms with Gasteiger partial charge in [-0.05, 0) is 0 Å². The van der Waals surface area contributed by atoms with Gasteiger partial charge in [-0.1, -0.05) is 0 Å². The molecule has 0 bridgehead atoms. The van der Waals surface area contributed by atoms with Crippen LogP contribution in [0, 0.1) is 0 Å². The van der Waals surface area contributed by atoms with E-state index in [9.17, 15) is 0 Å². The molecule has 0 saturated heterocycles. The molecule has 0 aliphatic carbocycles. The first-order chi connectivity index (χ1) is 7.83. The fourth-order valence-corrected chi connectivity index (χ4v) is 2.96. The van der Waals surface area contributed by atoms with Crippen molar-refractivity contribution in [2.45, 2.75) is 18.2 Å². The van der Waals surface area contributed by atoms with Gasteiger partial charge in [0.2, 0.25) is 0 Å². The third-order valence-electron chi connectivity index (χ3n) is 2.23. The monoisotopic (exact) mass is 288 g/mol. The van der Waals surface area contributed by atoms with E-state index < -0.39 is 0 Å². The van der Waals surface area contributed by atoms with E-state index in [0.717, 1.165) is 23.3 Å². The van der Waals surface area contributed by atoms with E-state index in [-0.39, 0.29) is 0 Å². The number of methoxy groups -OCH3 is 1. The standard InChI is InChI=1S/C13H20O2Se/c1-12(16-11-15-9-8-14-2)10-13-6-4-3-5-7-13/h3-7,12H,8-11H2,1-2H3. The summed E-state index contributed by atoms with van der Waals surface area (Å²) in [5.74, 6) is 0. The van der Waals surface area contributed by atoms with E-state index in [2.05, 4.69) is 37.3 Å². The van der Waals surface area contributed by atoms with Crippen molar-refractivity contribution in [2.75, 3.05) is 25.8 Å². The quantitative estimate of drug-likeness (QED) is 0.540. The Morgan fingerprint density at radius 2 is 1.94 bits per heavy atom. The normalized spacial score (nSPS) is 12.6. The first kappa shape index (κ1) is 13.7. The van der Waals surface area contributed by atoms with Crippen LogP contribution in [0.5, 0.6) is 0 Å². The van der Waals surface area contributed by atoms with Crippen LogP contribution in [0.2, 0.25) is 4.82 Å². The molecule has 2 nitrogen and oxygen atoms in total. The summed E-state index contributed by atoms with van der Waals surface area (Å²) in [4.78, 5) is 0.734. The van der Waals surface area contributed by atoms with E-state index in [0.29, 0.717) is 21.6 Å². The molecule has 1 aromatic rings. The summed E-state index contributed by atoms with van der Waals surface area (Å²) >= 11 is 0.559. The molecule has 0 saturated carbocycles. The number of rotatable bonds is 8. The molecule has 0 aromatic heterocycles. The predicted molar refractivity (Wildman–Crippen MR) is 68.0 cm³/mol. The maximum atomic E-state index is 5.49. The van der Waals surface area contributed by atoms with Crippen molar-refractivity contribution < 1.29 is 9.47 Å². The second kappa shape index (κ2) is 8.77. The van der Waals surface area contributed by atoms with Crippen LogP contribution >= 0.6 is 0 Å². The number of hydrogen-bond donors (Lipinski definition) is 0. The van der Waals surface area contributed by atoms with Crippen LogP contribution in [0.4, 0.5) is 0 Å². The summed E-state index contributed by atoms with van der Waals surface area (Å²) in [6, 6.07) is 10.7. The molecule has 0 radical (unpaired) electrons. The average Bonchev–Trinajstić information content (AvgIpc) is 2.30. The van der Waals surface area contributed by atoms with Gasteiger partial charge in [-0.15, -0.1) is 0 Å². The van der Waals surface area contributed by atoms with Crippen molar-refractivity contribution >= 4 is 15.0 Å². The molecule has 0 aliphatic rings. The van der Waals surface area contributed by atoms with Gasteiger partial charge >= 0.3 is 104 Å². The van der Waals surface area contributed by atoms with Crippen LogP contribution in [0.15, 0.2) is 30.3 Å². The Bertz CT molecular complexity index is 264. The molecule has 0 amide bonds. The molecule has 0 aliphatic heterocycles. The zero-order valence-corrected chi connectivity index (χ0v) is 11.7. The summed E-state index contributed by atoms with van der Waals surface area (Å²) < 4.78 is 10.4. The van der Waals surface area contributed by atoms with Crippen LogP contribution in [0.3, 0.4) is 0 Å². The molecule has 16 heavy (non-hydrogen) atoms. The Kier molecular flexibility index (Phi) is 7.52. The topological polar surface area (TPSA) is 18.5 Å². The van der Waals surface area contributed by atoms with Gasteiger partial charge in [-0.2, -0.15) is 0 Å². The van der Waals surface area contributed by atoms with Crippen molar-refractivity contribution in [3.8, 4) is 0 Å². The van der Waals surface area contributed by atoms with Gasteiger partial charge in [-0.25, -0.2) is 0 Å². The average molecular weight is 287 g/mol. The van der Waals surface area contributed by atoms with Crippen LogP contribution < -0.4 is 0 Å². The SMILES string of the molecule is COCCOC[Se]C(C)Cc1ccccc1. The van der Waals surface area contributed by atoms with Gasteiger partial charge in [0.1, 0.15) is 0 Å². The van der Waals surface area contributed by atoms with E-state index in [1.54, 1.807) is 7.11 Å². The molecule has 3 heteroatoms. The summed E-state index contributed by atoms with van der Waals surface area (Å²) in [7, 11) is 1.70. The first-order valence-electron chi connectivity index (χ1n) is 5.55. The molecular formula is C13H20O2Se. The third-order valence-corrected chi connectivity index (χ3v) is 4.41. The summed E-state index contributed by atoms with van der Waals surface area (Å²) in [5, 5.41) is 0. The first-order valence-corrected chi connectivity index (χ1v) is 7.75. The second-order valence-corrected chi connectivity index (χ2v) is 6.57. The Labute approximate surface area is 104 Å². The van der Waals surface area contributed by atoms with Gasteiger partial charge in [-0.3, -0.25) is 0 Å². The summed E-state index contributed by atoms with van der Waals surface area (Å²) in [5.41, 5.74) is 2.32. The maximum absolute atomic E-state index is 5.49. The van der Waals surface area contributed by atoms with Crippen molar-refractivity contribution in [3.05, 3.63) is 35.9 Å². The zero-order chi connectivity index (χ0) is 11.6. The number of benzene rings is 1. The molecule has 1 aromatic carbocycles. The number of hydrogen-bond acceptors (Lipinski definition) is 2. The Morgan fingerprint density at radius 3 is 2.62 bits per heavy atom. The molecule has 1 unspecified atom stereocenters. The van der Waals surface area contributed by atoms with Crippen molar-refractivity contribution in [3.63, 3.8) is 0 Å². The Balaban J connectivity index is 2.09. The predicted octanol–water partition coefficient (Wildman–Crippen LogP) is 2.36. The Hall–Kier alpha value is -0.341. The van der Waals surface area contributed by atoms with E-state index >= 15 is 0 Å². The summed E-state index contributed by atoms with van der Waals surface area (Å²) in [6.45, 7) is 3.71. The molecule has 0 spiro atoms.